The molecular weight excluding hydrogens is 558 g/mol. The number of nitrogens with two attached hydrogens (primary N) is 1. The molecule has 0 fully saturated rings. The Balaban J connectivity index is 1.37. The van der Waals surface area contributed by atoms with E-state index in [1.54, 1.807) is 48.5 Å². The summed E-state index contributed by atoms with van der Waals surface area (Å²) in [4.78, 5) is 12.4. The molecule has 4 aromatic rings. The number of hydrogen-bond acceptors (Lipinski definition) is 8. The fraction of sp³-hybridized carbons (Fsp3) is 0.152. The summed E-state index contributed by atoms with van der Waals surface area (Å²) >= 11 is 0. The van der Waals surface area contributed by atoms with Crippen molar-refractivity contribution in [2.45, 2.75) is 19.4 Å². The molecule has 5 rings (SSSR count). The van der Waals surface area contributed by atoms with Gasteiger partial charge in [0.05, 0.1) is 12.5 Å². The Kier molecular flexibility index (Phi) is 8.72. The summed E-state index contributed by atoms with van der Waals surface area (Å²) in [7, 11) is 0. The van der Waals surface area contributed by atoms with Crippen LogP contribution in [0.4, 0.5) is 8.78 Å². The normalized spacial score (nSPS) is 13.8. The number of nitrogens with zero attached hydrogens (tertiary/aromatic N) is 1. The van der Waals surface area contributed by atoms with Crippen molar-refractivity contribution in [3.8, 4) is 34.8 Å². The SMILES string of the molecule is CCOc1cc(C2C(C#N)=C(N)Oc3cc(OC(=O)COc4ccc(F)cc4)ccc32)ccc1OCc1ccccc1F. The molecular formula is C33H26F2N2O6. The van der Waals surface area contributed by atoms with Gasteiger partial charge in [0.25, 0.3) is 0 Å². The maximum absolute atomic E-state index is 14.1. The molecule has 1 aliphatic heterocycles. The lowest BCUT2D eigenvalue weighted by atomic mass is 9.83. The molecule has 8 nitrogen and oxygen atoms in total. The molecule has 1 heterocycles. The van der Waals surface area contributed by atoms with Gasteiger partial charge in [0.15, 0.2) is 18.1 Å². The summed E-state index contributed by atoms with van der Waals surface area (Å²) in [6.07, 6.45) is 0. The number of benzene rings is 4. The molecule has 0 saturated carbocycles. The van der Waals surface area contributed by atoms with Gasteiger partial charge in [-0.15, -0.1) is 0 Å². The number of hydrogen-bond donors (Lipinski definition) is 1. The van der Waals surface area contributed by atoms with Crippen molar-refractivity contribution >= 4 is 5.97 Å². The van der Waals surface area contributed by atoms with E-state index in [1.807, 2.05) is 6.92 Å². The lowest BCUT2D eigenvalue weighted by molar-refractivity contribution is -0.136. The maximum atomic E-state index is 14.1. The second-order valence-electron chi connectivity index (χ2n) is 9.36. The van der Waals surface area contributed by atoms with Gasteiger partial charge in [-0.3, -0.25) is 0 Å². The van der Waals surface area contributed by atoms with Crippen LogP contribution in [0.25, 0.3) is 0 Å². The average molecular weight is 585 g/mol. The van der Waals surface area contributed by atoms with Gasteiger partial charge >= 0.3 is 5.97 Å². The van der Waals surface area contributed by atoms with Gasteiger partial charge < -0.3 is 29.4 Å². The van der Waals surface area contributed by atoms with Crippen LogP contribution in [0.1, 0.15) is 29.5 Å². The number of carbonyl (C=O) groups excluding carboxylic acids is 1. The lowest BCUT2D eigenvalue weighted by Gasteiger charge is -2.27. The molecule has 0 saturated heterocycles. The number of esters is 1. The van der Waals surface area contributed by atoms with Crippen molar-refractivity contribution < 1.29 is 37.3 Å². The zero-order chi connectivity index (χ0) is 30.3. The van der Waals surface area contributed by atoms with Crippen molar-refractivity contribution in [2.24, 2.45) is 5.73 Å². The monoisotopic (exact) mass is 584 g/mol. The summed E-state index contributed by atoms with van der Waals surface area (Å²) in [6.45, 7) is 1.76. The highest BCUT2D eigenvalue weighted by atomic mass is 19.1. The van der Waals surface area contributed by atoms with E-state index in [4.69, 9.17) is 29.4 Å². The largest absolute Gasteiger partial charge is 0.490 e. The quantitative estimate of drug-likeness (QED) is 0.175. The highest BCUT2D eigenvalue weighted by Gasteiger charge is 2.32. The Labute approximate surface area is 246 Å². The van der Waals surface area contributed by atoms with Gasteiger partial charge in [-0.2, -0.15) is 5.26 Å². The summed E-state index contributed by atoms with van der Waals surface area (Å²) in [6, 6.07) is 23.6. The lowest BCUT2D eigenvalue weighted by Crippen LogP contribution is -2.22. The minimum atomic E-state index is -0.690. The van der Waals surface area contributed by atoms with Crippen molar-refractivity contribution in [1.82, 2.24) is 0 Å². The molecule has 0 bridgehead atoms. The van der Waals surface area contributed by atoms with E-state index in [2.05, 4.69) is 6.07 Å². The third kappa shape index (κ3) is 6.68. The predicted molar refractivity (Wildman–Crippen MR) is 152 cm³/mol. The van der Waals surface area contributed by atoms with E-state index in [-0.39, 0.29) is 29.6 Å². The summed E-state index contributed by atoms with van der Waals surface area (Å²) in [5.74, 6) is -0.616. The van der Waals surface area contributed by atoms with Crippen LogP contribution >= 0.6 is 0 Å². The molecule has 0 aliphatic carbocycles. The number of ether oxygens (including phenoxy) is 5. The van der Waals surface area contributed by atoms with Crippen LogP contribution in [0.2, 0.25) is 0 Å². The number of rotatable bonds is 10. The van der Waals surface area contributed by atoms with Crippen LogP contribution in [0.3, 0.4) is 0 Å². The Morgan fingerprint density at radius 1 is 0.930 bits per heavy atom. The van der Waals surface area contributed by atoms with Gasteiger partial charge in [0, 0.05) is 17.2 Å². The highest BCUT2D eigenvalue weighted by Crippen LogP contribution is 2.45. The van der Waals surface area contributed by atoms with E-state index < -0.39 is 24.3 Å². The molecule has 1 aliphatic rings. The highest BCUT2D eigenvalue weighted by molar-refractivity contribution is 5.74. The minimum Gasteiger partial charge on any atom is -0.490 e. The molecule has 2 N–H and O–H groups in total. The van der Waals surface area contributed by atoms with Crippen LogP contribution in [0.15, 0.2) is 96.4 Å². The van der Waals surface area contributed by atoms with E-state index in [0.29, 0.717) is 46.3 Å². The van der Waals surface area contributed by atoms with Crippen LogP contribution in [-0.4, -0.2) is 19.2 Å². The molecule has 10 heteroatoms. The fourth-order valence-corrected chi connectivity index (χ4v) is 4.54. The number of nitriles is 1. The summed E-state index contributed by atoms with van der Waals surface area (Å²) in [5, 5.41) is 9.96. The smallest absolute Gasteiger partial charge is 0.349 e. The second kappa shape index (κ2) is 13.0. The Bertz CT molecular complexity index is 1720. The summed E-state index contributed by atoms with van der Waals surface area (Å²) < 4.78 is 55.4. The van der Waals surface area contributed by atoms with Crippen molar-refractivity contribution in [1.29, 1.82) is 5.26 Å². The molecule has 0 spiro atoms. The van der Waals surface area contributed by atoms with Gasteiger partial charge in [-0.25, -0.2) is 13.6 Å². The Hall–Kier alpha value is -5.56. The van der Waals surface area contributed by atoms with Crippen molar-refractivity contribution in [3.05, 3.63) is 125 Å². The summed E-state index contributed by atoms with van der Waals surface area (Å²) in [5.41, 5.74) is 8.01. The number of fused-ring (bicyclic) bond motifs is 1. The third-order valence-electron chi connectivity index (χ3n) is 6.53. The van der Waals surface area contributed by atoms with E-state index in [1.165, 1.54) is 36.4 Å². The van der Waals surface area contributed by atoms with Gasteiger partial charge in [-0.05, 0) is 61.0 Å². The van der Waals surface area contributed by atoms with Crippen molar-refractivity contribution in [3.63, 3.8) is 0 Å². The second-order valence-corrected chi connectivity index (χ2v) is 9.36. The zero-order valence-corrected chi connectivity index (χ0v) is 23.0. The zero-order valence-electron chi connectivity index (χ0n) is 23.0. The molecule has 218 valence electrons. The molecule has 43 heavy (non-hydrogen) atoms. The van der Waals surface area contributed by atoms with Crippen LogP contribution in [0.5, 0.6) is 28.7 Å². The standard InChI is InChI=1S/C33H26F2N2O6/c1-2-39-30-15-20(7-14-28(30)41-18-21-5-3-4-6-27(21)35)32-25-13-12-24(16-29(25)43-33(37)26(32)17-36)42-31(38)19-40-23-10-8-22(34)9-11-23/h3-16,32H,2,18-19,37H2,1H3. The van der Waals surface area contributed by atoms with Crippen molar-refractivity contribution in [2.75, 3.05) is 13.2 Å². The van der Waals surface area contributed by atoms with Crippen LogP contribution in [-0.2, 0) is 11.4 Å². The first-order chi connectivity index (χ1) is 20.9. The molecule has 1 unspecified atom stereocenters. The van der Waals surface area contributed by atoms with Crippen LogP contribution in [0, 0.1) is 23.0 Å². The molecule has 1 atom stereocenters. The van der Waals surface area contributed by atoms with Crippen LogP contribution < -0.4 is 29.4 Å². The molecule has 0 aromatic heterocycles. The topological polar surface area (TPSA) is 113 Å². The number of allylic oxidation sites excluding steroid dienone is 1. The van der Waals surface area contributed by atoms with Gasteiger partial charge in [-0.1, -0.05) is 30.3 Å². The van der Waals surface area contributed by atoms with E-state index in [0.717, 1.165) is 0 Å². The number of halogens is 2. The number of carbonyl (C=O) groups is 1. The first-order valence-electron chi connectivity index (χ1n) is 13.3. The predicted octanol–water partition coefficient (Wildman–Crippen LogP) is 6.15. The third-order valence-corrected chi connectivity index (χ3v) is 6.53. The molecule has 0 radical (unpaired) electrons. The molecule has 0 amide bonds. The Morgan fingerprint density at radius 3 is 2.44 bits per heavy atom. The molecule has 4 aromatic carbocycles. The van der Waals surface area contributed by atoms with Gasteiger partial charge in [0.2, 0.25) is 5.88 Å². The van der Waals surface area contributed by atoms with Gasteiger partial charge in [0.1, 0.15) is 47.1 Å². The average Bonchev–Trinajstić information content (AvgIpc) is 3.00. The fourth-order valence-electron chi connectivity index (χ4n) is 4.54. The first kappa shape index (κ1) is 29.0. The van der Waals surface area contributed by atoms with E-state index in [9.17, 15) is 18.8 Å². The Morgan fingerprint density at radius 2 is 1.70 bits per heavy atom. The van der Waals surface area contributed by atoms with E-state index >= 15 is 0 Å². The minimum absolute atomic E-state index is 0.00106. The first-order valence-corrected chi connectivity index (χ1v) is 13.3. The maximum Gasteiger partial charge on any atom is 0.349 e.